The molecule has 0 atom stereocenters. The first-order chi connectivity index (χ1) is 14.4. The maximum absolute atomic E-state index is 12.7. The van der Waals surface area contributed by atoms with Crippen LogP contribution in [0.15, 0.2) is 40.1 Å². The smallest absolute Gasteiger partial charge is 0.433 e. The Morgan fingerprint density at radius 1 is 1.20 bits per heavy atom. The molecular formula is C18H22F3N7O2. The second-order valence-corrected chi connectivity index (χ2v) is 6.42. The fourth-order valence-electron chi connectivity index (χ4n) is 2.96. The highest BCUT2D eigenvalue weighted by molar-refractivity contribution is 5.91. The van der Waals surface area contributed by atoms with Gasteiger partial charge in [-0.1, -0.05) is 0 Å². The molecule has 1 saturated heterocycles. The first-order valence-corrected chi connectivity index (χ1v) is 9.31. The molecule has 3 rings (SSSR count). The Hall–Kier alpha value is -3.31. The quantitative estimate of drug-likeness (QED) is 0.426. The van der Waals surface area contributed by atoms with Crippen LogP contribution < -0.4 is 10.6 Å². The van der Waals surface area contributed by atoms with Crippen LogP contribution >= 0.6 is 0 Å². The Morgan fingerprint density at radius 2 is 1.93 bits per heavy atom. The average Bonchev–Trinajstić information content (AvgIpc) is 3.28. The maximum Gasteiger partial charge on any atom is 0.433 e. The zero-order chi connectivity index (χ0) is 21.6. The third-order valence-electron chi connectivity index (χ3n) is 4.45. The second-order valence-electron chi connectivity index (χ2n) is 6.42. The molecule has 9 nitrogen and oxygen atoms in total. The summed E-state index contributed by atoms with van der Waals surface area (Å²) in [4.78, 5) is 27.5. The Bertz CT molecular complexity index is 863. The van der Waals surface area contributed by atoms with E-state index in [-0.39, 0.29) is 11.9 Å². The molecule has 0 saturated carbocycles. The number of carbonyl (C=O) groups is 1. The molecule has 3 heterocycles. The van der Waals surface area contributed by atoms with Gasteiger partial charge in [0.25, 0.3) is 5.91 Å². The van der Waals surface area contributed by atoms with Gasteiger partial charge in [0.2, 0.25) is 5.95 Å². The predicted octanol–water partition coefficient (Wildman–Crippen LogP) is 1.53. The largest absolute Gasteiger partial charge is 0.459 e. The lowest BCUT2D eigenvalue weighted by atomic mass is 10.3. The van der Waals surface area contributed by atoms with E-state index in [4.69, 9.17) is 4.42 Å². The van der Waals surface area contributed by atoms with Gasteiger partial charge >= 0.3 is 6.18 Å². The summed E-state index contributed by atoms with van der Waals surface area (Å²) >= 11 is 0. The van der Waals surface area contributed by atoms with Crippen molar-refractivity contribution in [1.29, 1.82) is 0 Å². The third-order valence-corrected chi connectivity index (χ3v) is 4.45. The van der Waals surface area contributed by atoms with Crippen molar-refractivity contribution in [3.8, 4) is 0 Å². The summed E-state index contributed by atoms with van der Waals surface area (Å²) in [5.41, 5.74) is -0.995. The van der Waals surface area contributed by atoms with E-state index in [9.17, 15) is 18.0 Å². The highest BCUT2D eigenvalue weighted by Crippen LogP contribution is 2.27. The van der Waals surface area contributed by atoms with Gasteiger partial charge in [0, 0.05) is 52.5 Å². The Morgan fingerprint density at radius 3 is 2.57 bits per heavy atom. The van der Waals surface area contributed by atoms with Gasteiger partial charge in [-0.05, 0) is 18.2 Å². The van der Waals surface area contributed by atoms with E-state index in [1.807, 2.05) is 4.90 Å². The van der Waals surface area contributed by atoms with Crippen LogP contribution in [0.1, 0.15) is 16.2 Å². The standard InChI is InChI=1S/C18H22F3N7O2/c1-22-17(25-7-6-24-16-23-5-4-14(26-16)18(19,20)21)28-10-8-27(9-11-28)15(29)13-3-2-12-30-13/h2-5,12H,6-11H2,1H3,(H,22,25)(H,23,24,26). The van der Waals surface area contributed by atoms with E-state index >= 15 is 0 Å². The minimum Gasteiger partial charge on any atom is -0.459 e. The lowest BCUT2D eigenvalue weighted by Gasteiger charge is -2.36. The van der Waals surface area contributed by atoms with Gasteiger partial charge in [0.05, 0.1) is 6.26 Å². The molecule has 12 heteroatoms. The molecule has 0 bridgehead atoms. The Balaban J connectivity index is 1.43. The summed E-state index contributed by atoms with van der Waals surface area (Å²) in [6, 6.07) is 4.13. The summed E-state index contributed by atoms with van der Waals surface area (Å²) in [5, 5.41) is 5.90. The van der Waals surface area contributed by atoms with Gasteiger partial charge in [0.15, 0.2) is 11.7 Å². The number of nitrogens with one attached hydrogen (secondary N) is 2. The van der Waals surface area contributed by atoms with Crippen LogP contribution in [0.25, 0.3) is 0 Å². The van der Waals surface area contributed by atoms with E-state index in [0.29, 0.717) is 51.0 Å². The van der Waals surface area contributed by atoms with E-state index in [0.717, 1.165) is 12.3 Å². The molecule has 1 amide bonds. The van der Waals surface area contributed by atoms with Crippen LogP contribution in [0, 0.1) is 0 Å². The highest BCUT2D eigenvalue weighted by atomic mass is 19.4. The van der Waals surface area contributed by atoms with Crippen LogP contribution in [0.4, 0.5) is 19.1 Å². The topological polar surface area (TPSA) is 98.9 Å². The minimum atomic E-state index is -4.51. The summed E-state index contributed by atoms with van der Waals surface area (Å²) in [6.45, 7) is 2.94. The molecule has 0 aliphatic carbocycles. The number of nitrogens with zero attached hydrogens (tertiary/aromatic N) is 5. The van der Waals surface area contributed by atoms with Crippen molar-refractivity contribution in [2.75, 3.05) is 51.6 Å². The zero-order valence-corrected chi connectivity index (χ0v) is 16.3. The van der Waals surface area contributed by atoms with Crippen molar-refractivity contribution in [3.63, 3.8) is 0 Å². The van der Waals surface area contributed by atoms with E-state index in [1.165, 1.54) is 6.26 Å². The molecule has 1 aliphatic rings. The van der Waals surface area contributed by atoms with Crippen molar-refractivity contribution in [2.24, 2.45) is 4.99 Å². The molecule has 0 spiro atoms. The molecule has 1 fully saturated rings. The van der Waals surface area contributed by atoms with E-state index in [2.05, 4.69) is 25.6 Å². The number of rotatable bonds is 5. The normalized spacial score (nSPS) is 15.3. The van der Waals surface area contributed by atoms with Crippen molar-refractivity contribution < 1.29 is 22.4 Å². The molecule has 0 aromatic carbocycles. The number of piperazine rings is 1. The zero-order valence-electron chi connectivity index (χ0n) is 16.3. The number of hydrogen-bond acceptors (Lipinski definition) is 6. The number of aromatic nitrogens is 2. The molecule has 0 radical (unpaired) electrons. The number of guanidine groups is 1. The number of hydrogen-bond donors (Lipinski definition) is 2. The molecule has 0 unspecified atom stereocenters. The highest BCUT2D eigenvalue weighted by Gasteiger charge is 2.32. The molecule has 1 aliphatic heterocycles. The van der Waals surface area contributed by atoms with Gasteiger partial charge in [0.1, 0.15) is 5.69 Å². The van der Waals surface area contributed by atoms with Crippen molar-refractivity contribution in [1.82, 2.24) is 25.1 Å². The summed E-state index contributed by atoms with van der Waals surface area (Å²) in [7, 11) is 1.64. The lowest BCUT2D eigenvalue weighted by Crippen LogP contribution is -2.54. The number of aliphatic imine (C=N–C) groups is 1. The van der Waals surface area contributed by atoms with Gasteiger partial charge in [-0.2, -0.15) is 13.2 Å². The summed E-state index contributed by atoms with van der Waals surface area (Å²) in [5.74, 6) is 0.722. The van der Waals surface area contributed by atoms with E-state index < -0.39 is 11.9 Å². The van der Waals surface area contributed by atoms with Crippen LogP contribution in [0.3, 0.4) is 0 Å². The monoisotopic (exact) mass is 425 g/mol. The number of amides is 1. The number of halogens is 3. The van der Waals surface area contributed by atoms with Gasteiger partial charge < -0.3 is 24.9 Å². The molecule has 2 N–H and O–H groups in total. The average molecular weight is 425 g/mol. The molecular weight excluding hydrogens is 403 g/mol. The number of alkyl halides is 3. The molecule has 2 aromatic heterocycles. The number of furan rings is 1. The van der Waals surface area contributed by atoms with Crippen LogP contribution in [0.2, 0.25) is 0 Å². The van der Waals surface area contributed by atoms with Gasteiger partial charge in [-0.25, -0.2) is 9.97 Å². The molecule has 2 aromatic rings. The van der Waals surface area contributed by atoms with Gasteiger partial charge in [-0.3, -0.25) is 9.79 Å². The van der Waals surface area contributed by atoms with Crippen molar-refractivity contribution in [2.45, 2.75) is 6.18 Å². The second kappa shape index (κ2) is 9.46. The SMILES string of the molecule is CN=C(NCCNc1nccc(C(F)(F)F)n1)N1CCN(C(=O)c2ccco2)CC1. The first kappa shape index (κ1) is 21.4. The van der Waals surface area contributed by atoms with Gasteiger partial charge in [-0.15, -0.1) is 0 Å². The van der Waals surface area contributed by atoms with Crippen molar-refractivity contribution in [3.05, 3.63) is 42.1 Å². The maximum atomic E-state index is 12.7. The minimum absolute atomic E-state index is 0.0911. The number of carbonyl (C=O) groups excluding carboxylic acids is 1. The van der Waals surface area contributed by atoms with E-state index in [1.54, 1.807) is 24.1 Å². The predicted molar refractivity (Wildman–Crippen MR) is 103 cm³/mol. The first-order valence-electron chi connectivity index (χ1n) is 9.31. The fraction of sp³-hybridized carbons (Fsp3) is 0.444. The lowest BCUT2D eigenvalue weighted by molar-refractivity contribution is -0.141. The fourth-order valence-corrected chi connectivity index (χ4v) is 2.96. The van der Waals surface area contributed by atoms with Crippen LogP contribution in [-0.2, 0) is 6.18 Å². The third kappa shape index (κ3) is 5.39. The Kier molecular flexibility index (Phi) is 6.75. The summed E-state index contributed by atoms with van der Waals surface area (Å²) < 4.78 is 43.2. The Labute approximate surface area is 171 Å². The summed E-state index contributed by atoms with van der Waals surface area (Å²) in [6.07, 6.45) is -1.98. The molecule has 30 heavy (non-hydrogen) atoms. The number of anilines is 1. The van der Waals surface area contributed by atoms with Crippen LogP contribution in [0.5, 0.6) is 0 Å². The molecule has 162 valence electrons. The van der Waals surface area contributed by atoms with Crippen LogP contribution in [-0.4, -0.2) is 78.0 Å². The van der Waals surface area contributed by atoms with Crippen molar-refractivity contribution >= 4 is 17.8 Å².